The lowest BCUT2D eigenvalue weighted by Gasteiger charge is -2.14. The molecule has 6 nitrogen and oxygen atoms in total. The molecule has 2 rings (SSSR count). The van der Waals surface area contributed by atoms with Gasteiger partial charge in [0.05, 0.1) is 17.0 Å². The molecule has 0 bridgehead atoms. The minimum absolute atomic E-state index is 0.0233. The van der Waals surface area contributed by atoms with Gasteiger partial charge in [0.15, 0.2) is 0 Å². The van der Waals surface area contributed by atoms with Crippen molar-refractivity contribution in [2.45, 2.75) is 32.2 Å². The van der Waals surface area contributed by atoms with E-state index < -0.39 is 10.0 Å². The first-order chi connectivity index (χ1) is 10.4. The molecule has 122 valence electrons. The van der Waals surface area contributed by atoms with Gasteiger partial charge >= 0.3 is 0 Å². The van der Waals surface area contributed by atoms with Gasteiger partial charge in [0.25, 0.3) is 5.91 Å². The molecule has 0 aliphatic heterocycles. The zero-order valence-corrected chi connectivity index (χ0v) is 13.5. The summed E-state index contributed by atoms with van der Waals surface area (Å²) in [5, 5.41) is 2.78. The molecule has 1 unspecified atom stereocenters. The zero-order valence-electron chi connectivity index (χ0n) is 12.7. The van der Waals surface area contributed by atoms with E-state index >= 15 is 0 Å². The minimum Gasteiger partial charge on any atom is -0.350 e. The Kier molecular flexibility index (Phi) is 5.42. The molecule has 7 heteroatoms. The van der Waals surface area contributed by atoms with Gasteiger partial charge in [-0.2, -0.15) is 0 Å². The molecule has 0 spiro atoms. The Labute approximate surface area is 131 Å². The van der Waals surface area contributed by atoms with Crippen LogP contribution in [0.3, 0.4) is 0 Å². The van der Waals surface area contributed by atoms with Crippen molar-refractivity contribution >= 4 is 21.6 Å². The quantitative estimate of drug-likeness (QED) is 0.670. The number of carbonyl (C=O) groups excluding carboxylic acids is 1. The Morgan fingerprint density at radius 3 is 2.68 bits per heavy atom. The zero-order chi connectivity index (χ0) is 16.2. The smallest absolute Gasteiger partial charge is 0.253 e. The van der Waals surface area contributed by atoms with Gasteiger partial charge in [-0.25, -0.2) is 8.42 Å². The fourth-order valence-corrected chi connectivity index (χ4v) is 3.41. The standard InChI is InChI=1S/C15H23N3O3S/c1-2-9-22(20,21)18-14-6-4-3-5-12(14)15(19)17-10-13(16)11-7-8-11/h3-6,11,13,18H,2,7-10,16H2,1H3,(H,17,19). The number of sulfonamides is 1. The largest absolute Gasteiger partial charge is 0.350 e. The third-order valence-electron chi connectivity index (χ3n) is 3.64. The predicted molar refractivity (Wildman–Crippen MR) is 87.2 cm³/mol. The van der Waals surface area contributed by atoms with Crippen molar-refractivity contribution in [3.8, 4) is 0 Å². The van der Waals surface area contributed by atoms with E-state index in [4.69, 9.17) is 5.73 Å². The summed E-state index contributed by atoms with van der Waals surface area (Å²) in [6.07, 6.45) is 2.74. The summed E-state index contributed by atoms with van der Waals surface area (Å²) < 4.78 is 26.2. The molecule has 0 radical (unpaired) electrons. The van der Waals surface area contributed by atoms with Crippen molar-refractivity contribution in [2.75, 3.05) is 17.0 Å². The average molecular weight is 325 g/mol. The van der Waals surface area contributed by atoms with Crippen molar-refractivity contribution in [3.63, 3.8) is 0 Å². The van der Waals surface area contributed by atoms with E-state index in [9.17, 15) is 13.2 Å². The number of hydrogen-bond acceptors (Lipinski definition) is 4. The third kappa shape index (κ3) is 4.71. The van der Waals surface area contributed by atoms with Crippen molar-refractivity contribution < 1.29 is 13.2 Å². The summed E-state index contributed by atoms with van der Waals surface area (Å²) >= 11 is 0. The molecule has 1 amide bonds. The normalized spacial score (nSPS) is 16.1. The predicted octanol–water partition coefficient (Wildman–Crippen LogP) is 1.31. The van der Waals surface area contributed by atoms with E-state index in [1.807, 2.05) is 0 Å². The Morgan fingerprint density at radius 2 is 2.05 bits per heavy atom. The molecular formula is C15H23N3O3S. The van der Waals surface area contributed by atoms with Crippen molar-refractivity contribution in [1.29, 1.82) is 0 Å². The maximum Gasteiger partial charge on any atom is 0.253 e. The summed E-state index contributed by atoms with van der Waals surface area (Å²) in [5.74, 6) is 0.208. The average Bonchev–Trinajstić information content (AvgIpc) is 3.29. The van der Waals surface area contributed by atoms with Gasteiger partial charge < -0.3 is 11.1 Å². The molecule has 1 aliphatic rings. The molecule has 4 N–H and O–H groups in total. The van der Waals surface area contributed by atoms with Gasteiger partial charge in [-0.1, -0.05) is 19.1 Å². The Bertz CT molecular complexity index is 627. The SMILES string of the molecule is CCCS(=O)(=O)Nc1ccccc1C(=O)NCC(N)C1CC1. The molecular weight excluding hydrogens is 302 g/mol. The van der Waals surface area contributed by atoms with Crippen molar-refractivity contribution in [2.24, 2.45) is 11.7 Å². The maximum absolute atomic E-state index is 12.3. The van der Waals surface area contributed by atoms with Gasteiger partial charge in [-0.15, -0.1) is 0 Å². The van der Waals surface area contributed by atoms with Gasteiger partial charge in [0.1, 0.15) is 0 Å². The lowest BCUT2D eigenvalue weighted by Crippen LogP contribution is -2.38. The molecule has 0 saturated heterocycles. The second-order valence-corrected chi connectivity index (χ2v) is 7.52. The molecule has 1 aliphatic carbocycles. The third-order valence-corrected chi connectivity index (χ3v) is 5.11. The first-order valence-electron chi connectivity index (χ1n) is 7.56. The first-order valence-corrected chi connectivity index (χ1v) is 9.21. The minimum atomic E-state index is -3.43. The van der Waals surface area contributed by atoms with E-state index in [-0.39, 0.29) is 17.7 Å². The van der Waals surface area contributed by atoms with Crippen LogP contribution in [0.5, 0.6) is 0 Å². The van der Waals surface area contributed by atoms with E-state index in [1.54, 1.807) is 31.2 Å². The first kappa shape index (κ1) is 16.8. The molecule has 0 aromatic heterocycles. The topological polar surface area (TPSA) is 101 Å². The molecule has 0 heterocycles. The summed E-state index contributed by atoms with van der Waals surface area (Å²) in [7, 11) is -3.43. The van der Waals surface area contributed by atoms with E-state index in [0.717, 1.165) is 12.8 Å². The number of amides is 1. The summed E-state index contributed by atoms with van der Waals surface area (Å²) in [5.41, 5.74) is 6.57. The number of rotatable bonds is 8. The molecule has 1 atom stereocenters. The van der Waals surface area contributed by atoms with Gasteiger partial charge in [-0.3, -0.25) is 9.52 Å². The van der Waals surface area contributed by atoms with Gasteiger partial charge in [-0.05, 0) is 37.3 Å². The second kappa shape index (κ2) is 7.11. The number of benzene rings is 1. The van der Waals surface area contributed by atoms with Crippen LogP contribution in [0, 0.1) is 5.92 Å². The lowest BCUT2D eigenvalue weighted by molar-refractivity contribution is 0.0951. The summed E-state index contributed by atoms with van der Waals surface area (Å²) in [4.78, 5) is 12.3. The van der Waals surface area contributed by atoms with E-state index in [1.165, 1.54) is 0 Å². The number of para-hydroxylation sites is 1. The van der Waals surface area contributed by atoms with E-state index in [0.29, 0.717) is 30.1 Å². The van der Waals surface area contributed by atoms with Gasteiger partial charge in [0.2, 0.25) is 10.0 Å². The highest BCUT2D eigenvalue weighted by molar-refractivity contribution is 7.92. The van der Waals surface area contributed by atoms with Gasteiger partial charge in [0, 0.05) is 12.6 Å². The van der Waals surface area contributed by atoms with Crippen LogP contribution in [0.4, 0.5) is 5.69 Å². The number of nitrogens with two attached hydrogens (primary N) is 1. The maximum atomic E-state index is 12.3. The molecule has 1 aromatic carbocycles. The van der Waals surface area contributed by atoms with Crippen LogP contribution in [0.15, 0.2) is 24.3 Å². The molecule has 1 saturated carbocycles. The highest BCUT2D eigenvalue weighted by Crippen LogP contribution is 2.31. The highest BCUT2D eigenvalue weighted by Gasteiger charge is 2.28. The highest BCUT2D eigenvalue weighted by atomic mass is 32.2. The van der Waals surface area contributed by atoms with Crippen LogP contribution in [0.1, 0.15) is 36.5 Å². The van der Waals surface area contributed by atoms with E-state index in [2.05, 4.69) is 10.0 Å². The van der Waals surface area contributed by atoms with Crippen LogP contribution in [0.2, 0.25) is 0 Å². The molecule has 22 heavy (non-hydrogen) atoms. The number of hydrogen-bond donors (Lipinski definition) is 3. The van der Waals surface area contributed by atoms with Crippen LogP contribution in [0.25, 0.3) is 0 Å². The van der Waals surface area contributed by atoms with Crippen LogP contribution in [-0.2, 0) is 10.0 Å². The summed E-state index contributed by atoms with van der Waals surface area (Å²) in [6.45, 7) is 2.19. The van der Waals surface area contributed by atoms with Crippen molar-refractivity contribution in [1.82, 2.24) is 5.32 Å². The van der Waals surface area contributed by atoms with Crippen molar-refractivity contribution in [3.05, 3.63) is 29.8 Å². The Morgan fingerprint density at radius 1 is 1.36 bits per heavy atom. The molecule has 1 aromatic rings. The van der Waals surface area contributed by atoms with Crippen LogP contribution >= 0.6 is 0 Å². The fraction of sp³-hybridized carbons (Fsp3) is 0.533. The number of carbonyl (C=O) groups is 1. The second-order valence-electron chi connectivity index (χ2n) is 5.68. The number of nitrogens with one attached hydrogen (secondary N) is 2. The van der Waals surface area contributed by atoms with Crippen LogP contribution in [-0.4, -0.2) is 32.7 Å². The molecule has 1 fully saturated rings. The lowest BCUT2D eigenvalue weighted by atomic mass is 10.1. The summed E-state index contributed by atoms with van der Waals surface area (Å²) in [6, 6.07) is 6.54. The van der Waals surface area contributed by atoms with Crippen LogP contribution < -0.4 is 15.8 Å². The Hall–Kier alpha value is -1.60. The fourth-order valence-electron chi connectivity index (χ4n) is 2.25. The Balaban J connectivity index is 2.04. The number of anilines is 1. The monoisotopic (exact) mass is 325 g/mol.